The highest BCUT2D eigenvalue weighted by Crippen LogP contribution is 2.17. The first-order chi connectivity index (χ1) is 9.20. The Labute approximate surface area is 110 Å². The molecule has 0 saturated carbocycles. The average molecular weight is 261 g/mol. The largest absolute Gasteiger partial charge is 0.466 e. The Morgan fingerprint density at radius 2 is 2.32 bits per heavy atom. The van der Waals surface area contributed by atoms with Gasteiger partial charge in [-0.1, -0.05) is 11.2 Å². The molecule has 0 amide bonds. The zero-order valence-electron chi connectivity index (χ0n) is 10.9. The molecule has 0 unspecified atom stereocenters. The molecule has 2 heterocycles. The molecule has 0 bridgehead atoms. The zero-order valence-corrected chi connectivity index (χ0v) is 10.9. The Bertz CT molecular complexity index is 566. The number of ether oxygens (including phenoxy) is 1. The lowest BCUT2D eigenvalue weighted by Gasteiger charge is -1.98. The van der Waals surface area contributed by atoms with E-state index in [-0.39, 0.29) is 12.4 Å². The predicted molar refractivity (Wildman–Crippen MR) is 67.2 cm³/mol. The molecule has 0 aliphatic rings. The Hall–Kier alpha value is -2.24. The quantitative estimate of drug-likeness (QED) is 0.765. The number of esters is 1. The van der Waals surface area contributed by atoms with Crippen LogP contribution in [0.15, 0.2) is 22.9 Å². The van der Waals surface area contributed by atoms with E-state index in [9.17, 15) is 4.79 Å². The molecule has 0 atom stereocenters. The lowest BCUT2D eigenvalue weighted by molar-refractivity contribution is -0.143. The van der Waals surface area contributed by atoms with Crippen LogP contribution in [0.1, 0.15) is 24.8 Å². The molecule has 0 radical (unpaired) electrons. The summed E-state index contributed by atoms with van der Waals surface area (Å²) in [5.74, 6) is 0.585. The van der Waals surface area contributed by atoms with Crippen molar-refractivity contribution in [3.63, 3.8) is 0 Å². The van der Waals surface area contributed by atoms with E-state index in [2.05, 4.69) is 15.1 Å². The molecule has 0 N–H and O–H groups in total. The Balaban J connectivity index is 2.04. The van der Waals surface area contributed by atoms with Crippen LogP contribution < -0.4 is 0 Å². The maximum absolute atomic E-state index is 11.2. The van der Waals surface area contributed by atoms with Crippen molar-refractivity contribution in [1.82, 2.24) is 15.1 Å². The summed E-state index contributed by atoms with van der Waals surface area (Å²) in [6, 6.07) is 3.78. The van der Waals surface area contributed by atoms with Crippen LogP contribution in [0, 0.1) is 6.92 Å². The van der Waals surface area contributed by atoms with Crippen LogP contribution in [0.3, 0.4) is 0 Å². The number of aromatic nitrogens is 3. The van der Waals surface area contributed by atoms with Crippen LogP contribution in [0.4, 0.5) is 0 Å². The van der Waals surface area contributed by atoms with E-state index >= 15 is 0 Å². The molecule has 2 rings (SSSR count). The molecule has 0 aliphatic carbocycles. The van der Waals surface area contributed by atoms with Gasteiger partial charge in [0.05, 0.1) is 13.0 Å². The van der Waals surface area contributed by atoms with Gasteiger partial charge in [0.2, 0.25) is 11.7 Å². The molecule has 6 nitrogen and oxygen atoms in total. The third-order valence-electron chi connectivity index (χ3n) is 2.54. The summed E-state index contributed by atoms with van der Waals surface area (Å²) in [5, 5.41) is 3.87. The fraction of sp³-hybridized carbons (Fsp3) is 0.385. The summed E-state index contributed by atoms with van der Waals surface area (Å²) in [5.41, 5.74) is 1.66. The molecular weight excluding hydrogens is 246 g/mol. The van der Waals surface area contributed by atoms with E-state index < -0.39 is 0 Å². The molecule has 2 aromatic heterocycles. The average Bonchev–Trinajstić information content (AvgIpc) is 2.86. The molecule has 0 saturated heterocycles. The number of carbonyl (C=O) groups is 1. The maximum Gasteiger partial charge on any atom is 0.306 e. The lowest BCUT2D eigenvalue weighted by atomic mass is 10.2. The van der Waals surface area contributed by atoms with E-state index in [1.807, 2.05) is 19.1 Å². The highest BCUT2D eigenvalue weighted by Gasteiger charge is 2.13. The number of hydrogen-bond acceptors (Lipinski definition) is 6. The van der Waals surface area contributed by atoms with Gasteiger partial charge in [-0.2, -0.15) is 4.98 Å². The second-order valence-electron chi connectivity index (χ2n) is 3.99. The van der Waals surface area contributed by atoms with Crippen molar-refractivity contribution in [3.05, 3.63) is 29.8 Å². The lowest BCUT2D eigenvalue weighted by Crippen LogP contribution is -2.05. The molecule has 2 aromatic rings. The predicted octanol–water partition coefficient (Wildman–Crippen LogP) is 1.94. The second-order valence-corrected chi connectivity index (χ2v) is 3.99. The van der Waals surface area contributed by atoms with E-state index in [1.165, 1.54) is 0 Å². The van der Waals surface area contributed by atoms with E-state index in [4.69, 9.17) is 9.26 Å². The van der Waals surface area contributed by atoms with Crippen molar-refractivity contribution in [2.45, 2.75) is 26.7 Å². The van der Waals surface area contributed by atoms with Gasteiger partial charge in [-0.25, -0.2) is 0 Å². The SMILES string of the molecule is CCOC(=O)CCc1nc(-c2ncccc2C)no1. The fourth-order valence-corrected chi connectivity index (χ4v) is 1.61. The molecule has 19 heavy (non-hydrogen) atoms. The highest BCUT2D eigenvalue weighted by atomic mass is 16.5. The topological polar surface area (TPSA) is 78.1 Å². The Morgan fingerprint density at radius 3 is 3.05 bits per heavy atom. The Morgan fingerprint density at radius 1 is 1.47 bits per heavy atom. The number of nitrogens with zero attached hydrogens (tertiary/aromatic N) is 3. The summed E-state index contributed by atoms with van der Waals surface area (Å²) in [6.07, 6.45) is 2.28. The van der Waals surface area contributed by atoms with Crippen LogP contribution >= 0.6 is 0 Å². The van der Waals surface area contributed by atoms with Gasteiger partial charge in [-0.05, 0) is 25.5 Å². The minimum absolute atomic E-state index is 0.233. The first kappa shape index (κ1) is 13.2. The first-order valence-electron chi connectivity index (χ1n) is 6.11. The van der Waals surface area contributed by atoms with Gasteiger partial charge in [0.25, 0.3) is 0 Å². The summed E-state index contributed by atoms with van der Waals surface area (Å²) < 4.78 is 9.93. The van der Waals surface area contributed by atoms with Gasteiger partial charge in [-0.3, -0.25) is 9.78 Å². The van der Waals surface area contributed by atoms with Gasteiger partial charge in [0.15, 0.2) is 0 Å². The van der Waals surface area contributed by atoms with Gasteiger partial charge in [-0.15, -0.1) is 0 Å². The number of rotatable bonds is 5. The highest BCUT2D eigenvalue weighted by molar-refractivity contribution is 5.69. The smallest absolute Gasteiger partial charge is 0.306 e. The number of aryl methyl sites for hydroxylation is 2. The molecular formula is C13H15N3O3. The molecule has 0 aromatic carbocycles. The minimum Gasteiger partial charge on any atom is -0.466 e. The van der Waals surface area contributed by atoms with Gasteiger partial charge in [0, 0.05) is 12.6 Å². The number of pyridine rings is 1. The van der Waals surface area contributed by atoms with E-state index in [1.54, 1.807) is 13.1 Å². The normalized spacial score (nSPS) is 10.4. The third-order valence-corrected chi connectivity index (χ3v) is 2.54. The number of hydrogen-bond donors (Lipinski definition) is 0. The molecule has 6 heteroatoms. The monoisotopic (exact) mass is 261 g/mol. The van der Waals surface area contributed by atoms with Crippen molar-refractivity contribution >= 4 is 5.97 Å². The zero-order chi connectivity index (χ0) is 13.7. The first-order valence-corrected chi connectivity index (χ1v) is 6.11. The van der Waals surface area contributed by atoms with Crippen LogP contribution in [0.25, 0.3) is 11.5 Å². The standard InChI is InChI=1S/C13H15N3O3/c1-3-18-11(17)7-6-10-15-13(16-19-10)12-9(2)5-4-8-14-12/h4-5,8H,3,6-7H2,1-2H3. The molecule has 0 fully saturated rings. The van der Waals surface area contributed by atoms with Crippen LogP contribution in [0.5, 0.6) is 0 Å². The minimum atomic E-state index is -0.267. The second kappa shape index (κ2) is 6.08. The Kier molecular flexibility index (Phi) is 4.22. The number of carbonyl (C=O) groups excluding carboxylic acids is 1. The van der Waals surface area contributed by atoms with Gasteiger partial charge >= 0.3 is 5.97 Å². The van der Waals surface area contributed by atoms with Crippen molar-refractivity contribution in [2.24, 2.45) is 0 Å². The van der Waals surface area contributed by atoms with Crippen molar-refractivity contribution in [1.29, 1.82) is 0 Å². The van der Waals surface area contributed by atoms with Crippen LogP contribution in [-0.2, 0) is 16.0 Å². The molecule has 100 valence electrons. The summed E-state index contributed by atoms with van der Waals surface area (Å²) in [4.78, 5) is 19.7. The molecule has 0 spiro atoms. The molecule has 0 aliphatic heterocycles. The van der Waals surface area contributed by atoms with Gasteiger partial charge < -0.3 is 9.26 Å². The summed E-state index contributed by atoms with van der Waals surface area (Å²) in [7, 11) is 0. The van der Waals surface area contributed by atoms with Crippen LogP contribution in [-0.4, -0.2) is 27.7 Å². The van der Waals surface area contributed by atoms with Crippen LogP contribution in [0.2, 0.25) is 0 Å². The summed E-state index contributed by atoms with van der Waals surface area (Å²) >= 11 is 0. The summed E-state index contributed by atoms with van der Waals surface area (Å²) in [6.45, 7) is 4.07. The van der Waals surface area contributed by atoms with E-state index in [0.717, 1.165) is 5.56 Å². The van der Waals surface area contributed by atoms with Crippen molar-refractivity contribution in [3.8, 4) is 11.5 Å². The van der Waals surface area contributed by atoms with E-state index in [0.29, 0.717) is 30.4 Å². The van der Waals surface area contributed by atoms with Gasteiger partial charge in [0.1, 0.15) is 5.69 Å². The van der Waals surface area contributed by atoms with Crippen molar-refractivity contribution in [2.75, 3.05) is 6.61 Å². The maximum atomic E-state index is 11.2. The fourth-order valence-electron chi connectivity index (χ4n) is 1.61. The van der Waals surface area contributed by atoms with Crippen molar-refractivity contribution < 1.29 is 14.1 Å². The third kappa shape index (κ3) is 3.37.